The Kier molecular flexibility index (Phi) is 3.04. The second-order valence-electron chi connectivity index (χ2n) is 4.63. The summed E-state index contributed by atoms with van der Waals surface area (Å²) in [5.74, 6) is 0. The highest BCUT2D eigenvalue weighted by atomic mass is 19.1. The first kappa shape index (κ1) is 10.3. The lowest BCUT2D eigenvalue weighted by Crippen LogP contribution is -2.48. The van der Waals surface area contributed by atoms with Gasteiger partial charge >= 0.3 is 0 Å². The second-order valence-corrected chi connectivity index (χ2v) is 4.63. The zero-order valence-corrected chi connectivity index (χ0v) is 8.51. The third-order valence-corrected chi connectivity index (χ3v) is 3.19. The number of hydrogen-bond donors (Lipinski definition) is 2. The molecule has 0 aromatic carbocycles. The SMILES string of the molecule is OC1(CN2CCCC(F)C2)CCNC1. The minimum absolute atomic E-state index is 0.502. The summed E-state index contributed by atoms with van der Waals surface area (Å²) in [7, 11) is 0. The van der Waals surface area contributed by atoms with Gasteiger partial charge in [-0.05, 0) is 32.4 Å². The molecule has 82 valence electrons. The van der Waals surface area contributed by atoms with E-state index in [0.29, 0.717) is 26.1 Å². The van der Waals surface area contributed by atoms with Crippen LogP contribution in [0.1, 0.15) is 19.3 Å². The van der Waals surface area contributed by atoms with Crippen LogP contribution in [0.3, 0.4) is 0 Å². The predicted molar refractivity (Wildman–Crippen MR) is 53.0 cm³/mol. The number of aliphatic hydroxyl groups is 1. The molecule has 3 nitrogen and oxygen atoms in total. The largest absolute Gasteiger partial charge is 0.387 e. The zero-order chi connectivity index (χ0) is 10.0. The van der Waals surface area contributed by atoms with Gasteiger partial charge in [0.05, 0.1) is 5.60 Å². The normalized spacial score (nSPS) is 40.3. The maximum atomic E-state index is 13.1. The van der Waals surface area contributed by atoms with E-state index in [4.69, 9.17) is 0 Å². The van der Waals surface area contributed by atoms with Crippen molar-refractivity contribution in [3.63, 3.8) is 0 Å². The summed E-state index contributed by atoms with van der Waals surface area (Å²) < 4.78 is 13.1. The number of likely N-dealkylation sites (tertiary alicyclic amines) is 1. The fourth-order valence-electron chi connectivity index (χ4n) is 2.42. The molecule has 2 aliphatic rings. The molecule has 2 atom stereocenters. The van der Waals surface area contributed by atoms with Gasteiger partial charge in [-0.15, -0.1) is 0 Å². The van der Waals surface area contributed by atoms with E-state index in [1.165, 1.54) is 0 Å². The Morgan fingerprint density at radius 2 is 2.43 bits per heavy atom. The summed E-state index contributed by atoms with van der Waals surface area (Å²) in [5, 5.41) is 13.2. The number of nitrogens with one attached hydrogen (secondary N) is 1. The van der Waals surface area contributed by atoms with Crippen molar-refractivity contribution >= 4 is 0 Å². The number of halogens is 1. The van der Waals surface area contributed by atoms with Crippen LogP contribution in [0, 0.1) is 0 Å². The monoisotopic (exact) mass is 202 g/mol. The molecule has 2 fully saturated rings. The van der Waals surface area contributed by atoms with Gasteiger partial charge in [0.2, 0.25) is 0 Å². The van der Waals surface area contributed by atoms with E-state index in [2.05, 4.69) is 10.2 Å². The fourth-order valence-corrected chi connectivity index (χ4v) is 2.42. The van der Waals surface area contributed by atoms with Gasteiger partial charge in [-0.25, -0.2) is 4.39 Å². The molecule has 0 aromatic heterocycles. The van der Waals surface area contributed by atoms with E-state index in [1.807, 2.05) is 0 Å². The molecular weight excluding hydrogens is 183 g/mol. The van der Waals surface area contributed by atoms with E-state index in [9.17, 15) is 9.50 Å². The molecule has 2 unspecified atom stereocenters. The number of hydrogen-bond acceptors (Lipinski definition) is 3. The van der Waals surface area contributed by atoms with Crippen LogP contribution in [-0.4, -0.2) is 54.5 Å². The van der Waals surface area contributed by atoms with Crippen molar-refractivity contribution in [3.05, 3.63) is 0 Å². The molecule has 2 aliphatic heterocycles. The van der Waals surface area contributed by atoms with Gasteiger partial charge in [0, 0.05) is 19.6 Å². The van der Waals surface area contributed by atoms with Gasteiger partial charge in [-0.3, -0.25) is 4.90 Å². The molecule has 2 heterocycles. The Morgan fingerprint density at radius 3 is 3.07 bits per heavy atom. The van der Waals surface area contributed by atoms with Crippen LogP contribution in [0.25, 0.3) is 0 Å². The van der Waals surface area contributed by atoms with Crippen LogP contribution >= 0.6 is 0 Å². The first-order valence-corrected chi connectivity index (χ1v) is 5.47. The molecule has 14 heavy (non-hydrogen) atoms. The number of rotatable bonds is 2. The topological polar surface area (TPSA) is 35.5 Å². The van der Waals surface area contributed by atoms with Gasteiger partial charge in [-0.2, -0.15) is 0 Å². The molecule has 0 amide bonds. The number of β-amino-alcohol motifs (C(OH)–C–C–N with tert-alkyl or cyclic N) is 1. The van der Waals surface area contributed by atoms with Crippen LogP contribution in [0.4, 0.5) is 4.39 Å². The van der Waals surface area contributed by atoms with Crippen molar-refractivity contribution in [2.75, 3.05) is 32.7 Å². The van der Waals surface area contributed by atoms with Crippen molar-refractivity contribution < 1.29 is 9.50 Å². The zero-order valence-electron chi connectivity index (χ0n) is 8.51. The van der Waals surface area contributed by atoms with Gasteiger partial charge < -0.3 is 10.4 Å². The average Bonchev–Trinajstić information content (AvgIpc) is 2.51. The van der Waals surface area contributed by atoms with Gasteiger partial charge in [0.15, 0.2) is 0 Å². The van der Waals surface area contributed by atoms with E-state index in [0.717, 1.165) is 25.9 Å². The Morgan fingerprint density at radius 1 is 1.57 bits per heavy atom. The van der Waals surface area contributed by atoms with Crippen molar-refractivity contribution in [1.82, 2.24) is 10.2 Å². The molecule has 0 bridgehead atoms. The lowest BCUT2D eigenvalue weighted by atomic mass is 10.0. The summed E-state index contributed by atoms with van der Waals surface area (Å²) in [6.07, 6.45) is 1.71. The molecule has 0 spiro atoms. The predicted octanol–water partition coefficient (Wildman–Crippen LogP) is 0.145. The molecular formula is C10H19FN2O. The van der Waals surface area contributed by atoms with Gasteiger partial charge in [-0.1, -0.05) is 0 Å². The van der Waals surface area contributed by atoms with Gasteiger partial charge in [0.1, 0.15) is 6.17 Å². The number of nitrogens with zero attached hydrogens (tertiary/aromatic N) is 1. The molecule has 2 rings (SSSR count). The molecule has 0 aliphatic carbocycles. The molecule has 0 radical (unpaired) electrons. The van der Waals surface area contributed by atoms with Crippen molar-refractivity contribution in [3.8, 4) is 0 Å². The minimum atomic E-state index is -0.693. The lowest BCUT2D eigenvalue weighted by Gasteiger charge is -2.34. The van der Waals surface area contributed by atoms with Crippen LogP contribution in [0.2, 0.25) is 0 Å². The second kappa shape index (κ2) is 4.13. The average molecular weight is 202 g/mol. The summed E-state index contributed by atoms with van der Waals surface area (Å²) in [6.45, 7) is 3.59. The Hall–Kier alpha value is -0.190. The van der Waals surface area contributed by atoms with Crippen LogP contribution in [-0.2, 0) is 0 Å². The third kappa shape index (κ3) is 2.43. The van der Waals surface area contributed by atoms with Crippen molar-refractivity contribution in [2.45, 2.75) is 31.0 Å². The first-order valence-electron chi connectivity index (χ1n) is 5.47. The van der Waals surface area contributed by atoms with E-state index in [1.54, 1.807) is 0 Å². The van der Waals surface area contributed by atoms with Crippen LogP contribution < -0.4 is 5.32 Å². The number of piperidine rings is 1. The summed E-state index contributed by atoms with van der Waals surface area (Å²) >= 11 is 0. The maximum absolute atomic E-state index is 13.1. The highest BCUT2D eigenvalue weighted by molar-refractivity contribution is 4.91. The quantitative estimate of drug-likeness (QED) is 0.669. The smallest absolute Gasteiger partial charge is 0.113 e. The molecule has 0 aromatic rings. The maximum Gasteiger partial charge on any atom is 0.113 e. The van der Waals surface area contributed by atoms with Crippen molar-refractivity contribution in [2.24, 2.45) is 0 Å². The van der Waals surface area contributed by atoms with Crippen LogP contribution in [0.5, 0.6) is 0 Å². The Bertz CT molecular complexity index is 195. The highest BCUT2D eigenvalue weighted by Crippen LogP contribution is 2.20. The molecule has 2 saturated heterocycles. The molecule has 2 N–H and O–H groups in total. The van der Waals surface area contributed by atoms with E-state index < -0.39 is 11.8 Å². The lowest BCUT2D eigenvalue weighted by molar-refractivity contribution is 0.00461. The number of alkyl halides is 1. The summed E-state index contributed by atoms with van der Waals surface area (Å²) in [4.78, 5) is 2.06. The third-order valence-electron chi connectivity index (χ3n) is 3.19. The Balaban J connectivity index is 1.83. The molecule has 4 heteroatoms. The molecule has 0 saturated carbocycles. The van der Waals surface area contributed by atoms with Gasteiger partial charge in [0.25, 0.3) is 0 Å². The summed E-state index contributed by atoms with van der Waals surface area (Å²) in [6, 6.07) is 0. The van der Waals surface area contributed by atoms with E-state index in [-0.39, 0.29) is 0 Å². The minimum Gasteiger partial charge on any atom is -0.387 e. The standard InChI is InChI=1S/C10H19FN2O/c11-9-2-1-5-13(6-9)8-10(14)3-4-12-7-10/h9,12,14H,1-8H2. The van der Waals surface area contributed by atoms with E-state index >= 15 is 0 Å². The Labute approximate surface area is 84.3 Å². The summed E-state index contributed by atoms with van der Waals surface area (Å²) in [5.41, 5.74) is -0.614. The highest BCUT2D eigenvalue weighted by Gasteiger charge is 2.34. The van der Waals surface area contributed by atoms with Crippen LogP contribution in [0.15, 0.2) is 0 Å². The van der Waals surface area contributed by atoms with Crippen molar-refractivity contribution in [1.29, 1.82) is 0 Å². The first-order chi connectivity index (χ1) is 6.68. The fraction of sp³-hybridized carbons (Fsp3) is 1.00.